The summed E-state index contributed by atoms with van der Waals surface area (Å²) in [5.74, 6) is 1.64. The van der Waals surface area contributed by atoms with Crippen molar-refractivity contribution in [2.45, 2.75) is 37.6 Å². The van der Waals surface area contributed by atoms with Gasteiger partial charge in [0.25, 0.3) is 0 Å². The van der Waals surface area contributed by atoms with Crippen LogP contribution in [0.4, 0.5) is 0 Å². The summed E-state index contributed by atoms with van der Waals surface area (Å²) in [5, 5.41) is 1.07. The van der Waals surface area contributed by atoms with Crippen molar-refractivity contribution < 1.29 is 9.21 Å². The molecular weight excluding hydrogens is 274 g/mol. The van der Waals surface area contributed by atoms with E-state index in [4.69, 9.17) is 4.42 Å². The van der Waals surface area contributed by atoms with Crippen molar-refractivity contribution in [2.24, 2.45) is 11.8 Å². The van der Waals surface area contributed by atoms with Crippen molar-refractivity contribution in [1.29, 1.82) is 0 Å². The number of Topliss-reactive ketones (excluding diaryl/α,β-unsaturated/α-hetero) is 1. The second-order valence-corrected chi connectivity index (χ2v) is 7.34. The minimum Gasteiger partial charge on any atom is -0.464 e. The zero-order valence-electron chi connectivity index (χ0n) is 12.8. The van der Waals surface area contributed by atoms with Crippen molar-refractivity contribution in [3.8, 4) is 0 Å². The van der Waals surface area contributed by atoms with Gasteiger partial charge in [-0.25, -0.2) is 0 Å². The molecule has 4 fully saturated rings. The molecule has 1 atom stereocenters. The molecule has 1 aromatic heterocycles. The molecule has 0 radical (unpaired) electrons. The summed E-state index contributed by atoms with van der Waals surface area (Å²) in [7, 11) is 0. The lowest BCUT2D eigenvalue weighted by Gasteiger charge is -2.52. The third-order valence-electron chi connectivity index (χ3n) is 6.37. The van der Waals surface area contributed by atoms with Crippen molar-refractivity contribution in [3.63, 3.8) is 0 Å². The SMILES string of the molecule is O=C(C[C@@H]1C2CCN(CC2)C12CC2)c1ccc2ccoc2c1. The van der Waals surface area contributed by atoms with Gasteiger partial charge in [0.05, 0.1) is 6.26 Å². The third-order valence-corrected chi connectivity index (χ3v) is 6.37. The predicted octanol–water partition coefficient (Wildman–Crippen LogP) is 3.88. The molecule has 3 aliphatic heterocycles. The third kappa shape index (κ3) is 1.75. The Bertz CT molecular complexity index is 735. The standard InChI is InChI=1S/C19H21NO2/c21-17(15-2-1-14-5-10-22-18(14)11-15)12-16-13-3-8-20(9-4-13)19(16)6-7-19/h1-2,5,10-11,13,16H,3-4,6-9,12H2/t16-/m1/s1. The molecule has 4 aliphatic rings. The molecule has 6 rings (SSSR count). The van der Waals surface area contributed by atoms with E-state index in [0.29, 0.717) is 23.7 Å². The minimum absolute atomic E-state index is 0.295. The topological polar surface area (TPSA) is 33.5 Å². The van der Waals surface area contributed by atoms with Gasteiger partial charge in [0, 0.05) is 22.9 Å². The Kier molecular flexibility index (Phi) is 2.61. The smallest absolute Gasteiger partial charge is 0.163 e. The molecule has 3 heteroatoms. The lowest BCUT2D eigenvalue weighted by atomic mass is 9.69. The summed E-state index contributed by atoms with van der Waals surface area (Å²) in [6.45, 7) is 2.52. The van der Waals surface area contributed by atoms with Gasteiger partial charge in [-0.05, 0) is 62.7 Å². The Morgan fingerprint density at radius 2 is 2.05 bits per heavy atom. The molecule has 2 bridgehead atoms. The maximum Gasteiger partial charge on any atom is 0.163 e. The molecule has 1 aromatic carbocycles. The van der Waals surface area contributed by atoms with Crippen LogP contribution in [-0.4, -0.2) is 29.3 Å². The molecule has 0 unspecified atom stereocenters. The van der Waals surface area contributed by atoms with E-state index in [-0.39, 0.29) is 0 Å². The van der Waals surface area contributed by atoms with E-state index in [9.17, 15) is 4.79 Å². The van der Waals surface area contributed by atoms with Crippen LogP contribution in [0.15, 0.2) is 34.9 Å². The molecule has 22 heavy (non-hydrogen) atoms. The molecule has 1 spiro atoms. The van der Waals surface area contributed by atoms with Gasteiger partial charge in [-0.3, -0.25) is 9.69 Å². The summed E-state index contributed by atoms with van der Waals surface area (Å²) in [6.07, 6.45) is 7.59. The number of fused-ring (bicyclic) bond motifs is 3. The van der Waals surface area contributed by atoms with Gasteiger partial charge in [-0.1, -0.05) is 12.1 Å². The first kappa shape index (κ1) is 12.9. The summed E-state index contributed by atoms with van der Waals surface area (Å²) in [5.41, 5.74) is 2.03. The van der Waals surface area contributed by atoms with E-state index >= 15 is 0 Å². The average Bonchev–Trinajstić information content (AvgIpc) is 3.18. The lowest BCUT2D eigenvalue weighted by molar-refractivity contribution is -0.0274. The Balaban J connectivity index is 1.42. The highest BCUT2D eigenvalue weighted by molar-refractivity contribution is 5.99. The molecule has 4 heterocycles. The van der Waals surface area contributed by atoms with Crippen LogP contribution in [0.25, 0.3) is 11.0 Å². The van der Waals surface area contributed by atoms with Crippen LogP contribution < -0.4 is 0 Å². The molecule has 2 aromatic rings. The first-order valence-corrected chi connectivity index (χ1v) is 8.52. The Morgan fingerprint density at radius 1 is 1.23 bits per heavy atom. The van der Waals surface area contributed by atoms with Crippen LogP contribution in [0.5, 0.6) is 0 Å². The van der Waals surface area contributed by atoms with Crippen LogP contribution in [0.1, 0.15) is 42.5 Å². The summed E-state index contributed by atoms with van der Waals surface area (Å²) < 4.78 is 5.44. The van der Waals surface area contributed by atoms with Gasteiger partial charge >= 0.3 is 0 Å². The van der Waals surface area contributed by atoms with Gasteiger partial charge in [-0.2, -0.15) is 0 Å². The van der Waals surface area contributed by atoms with Crippen LogP contribution in [-0.2, 0) is 0 Å². The monoisotopic (exact) mass is 295 g/mol. The summed E-state index contributed by atoms with van der Waals surface area (Å²) in [6, 6.07) is 7.81. The number of carbonyl (C=O) groups excluding carboxylic acids is 1. The fourth-order valence-electron chi connectivity index (χ4n) is 5.04. The van der Waals surface area contributed by atoms with E-state index in [1.165, 1.54) is 38.8 Å². The number of ketones is 1. The van der Waals surface area contributed by atoms with Gasteiger partial charge in [0.1, 0.15) is 5.58 Å². The quantitative estimate of drug-likeness (QED) is 0.806. The average molecular weight is 295 g/mol. The van der Waals surface area contributed by atoms with Gasteiger partial charge in [0.2, 0.25) is 0 Å². The van der Waals surface area contributed by atoms with Crippen LogP contribution in [0.3, 0.4) is 0 Å². The number of benzene rings is 1. The number of hydrogen-bond acceptors (Lipinski definition) is 3. The first-order valence-electron chi connectivity index (χ1n) is 8.52. The summed E-state index contributed by atoms with van der Waals surface area (Å²) >= 11 is 0. The highest BCUT2D eigenvalue weighted by Gasteiger charge is 2.60. The maximum absolute atomic E-state index is 12.8. The van der Waals surface area contributed by atoms with E-state index in [0.717, 1.165) is 22.5 Å². The van der Waals surface area contributed by atoms with E-state index in [1.54, 1.807) is 6.26 Å². The Morgan fingerprint density at radius 3 is 2.82 bits per heavy atom. The predicted molar refractivity (Wildman–Crippen MR) is 84.9 cm³/mol. The van der Waals surface area contributed by atoms with E-state index in [1.807, 2.05) is 24.3 Å². The molecule has 114 valence electrons. The van der Waals surface area contributed by atoms with Crippen LogP contribution >= 0.6 is 0 Å². The number of hydrogen-bond donors (Lipinski definition) is 0. The molecule has 3 saturated heterocycles. The Hall–Kier alpha value is -1.61. The molecule has 1 aliphatic carbocycles. The van der Waals surface area contributed by atoms with Crippen molar-refractivity contribution in [1.82, 2.24) is 4.90 Å². The van der Waals surface area contributed by atoms with Gasteiger partial charge in [-0.15, -0.1) is 0 Å². The second kappa shape index (κ2) is 4.45. The van der Waals surface area contributed by atoms with Gasteiger partial charge in [0.15, 0.2) is 5.78 Å². The molecule has 3 nitrogen and oxygen atoms in total. The molecular formula is C19H21NO2. The number of carbonyl (C=O) groups is 1. The fourth-order valence-corrected chi connectivity index (χ4v) is 5.04. The Labute approximate surface area is 130 Å². The lowest BCUT2D eigenvalue weighted by Crippen LogP contribution is -2.57. The molecule has 0 N–H and O–H groups in total. The minimum atomic E-state index is 0.295. The zero-order valence-corrected chi connectivity index (χ0v) is 12.8. The first-order chi connectivity index (χ1) is 10.8. The van der Waals surface area contributed by atoms with Crippen LogP contribution in [0.2, 0.25) is 0 Å². The fraction of sp³-hybridized carbons (Fsp3) is 0.526. The number of rotatable bonds is 3. The highest BCUT2D eigenvalue weighted by Crippen LogP contribution is 2.58. The normalized spacial score (nSPS) is 31.7. The highest BCUT2D eigenvalue weighted by atomic mass is 16.3. The van der Waals surface area contributed by atoms with Crippen molar-refractivity contribution in [3.05, 3.63) is 36.1 Å². The van der Waals surface area contributed by atoms with Crippen molar-refractivity contribution >= 4 is 16.8 Å². The number of nitrogens with zero attached hydrogens (tertiary/aromatic N) is 1. The second-order valence-electron chi connectivity index (χ2n) is 7.34. The van der Waals surface area contributed by atoms with Crippen molar-refractivity contribution in [2.75, 3.05) is 13.1 Å². The zero-order chi connectivity index (χ0) is 14.7. The largest absolute Gasteiger partial charge is 0.464 e. The molecule has 1 saturated carbocycles. The number of piperidine rings is 3. The molecule has 0 amide bonds. The van der Waals surface area contributed by atoms with E-state index in [2.05, 4.69) is 4.90 Å². The van der Waals surface area contributed by atoms with Gasteiger partial charge < -0.3 is 4.42 Å². The van der Waals surface area contributed by atoms with Crippen LogP contribution in [0, 0.1) is 11.8 Å². The van der Waals surface area contributed by atoms with E-state index < -0.39 is 0 Å². The summed E-state index contributed by atoms with van der Waals surface area (Å²) in [4.78, 5) is 15.5. The maximum atomic E-state index is 12.8. The number of furan rings is 1.